The van der Waals surface area contributed by atoms with Gasteiger partial charge < -0.3 is 16.0 Å². The van der Waals surface area contributed by atoms with Crippen LogP contribution in [0, 0.1) is 11.3 Å². The molecule has 2 aliphatic rings. The SMILES string of the molecule is N=C1NC(c2ccccc2)(c2ccccc2)C(=O)N1CCCCNC(=O)C1CCNCC1. The monoisotopic (exact) mass is 433 g/mol. The minimum Gasteiger partial charge on any atom is -0.356 e. The molecule has 0 atom stereocenters. The lowest BCUT2D eigenvalue weighted by molar-refractivity contribution is -0.130. The molecule has 2 saturated heterocycles. The number of carbonyl (C=O) groups excluding carboxylic acids is 2. The van der Waals surface area contributed by atoms with Crippen molar-refractivity contribution in [3.05, 3.63) is 71.8 Å². The first-order valence-corrected chi connectivity index (χ1v) is 11.4. The first kappa shape index (κ1) is 22.0. The van der Waals surface area contributed by atoms with E-state index < -0.39 is 5.54 Å². The zero-order valence-corrected chi connectivity index (χ0v) is 18.3. The van der Waals surface area contributed by atoms with E-state index in [9.17, 15) is 9.59 Å². The molecule has 2 amide bonds. The zero-order valence-electron chi connectivity index (χ0n) is 18.3. The second-order valence-electron chi connectivity index (χ2n) is 8.43. The topological polar surface area (TPSA) is 97.3 Å². The zero-order chi connectivity index (χ0) is 22.4. The first-order chi connectivity index (χ1) is 15.6. The lowest BCUT2D eigenvalue weighted by atomic mass is 9.82. The Balaban J connectivity index is 1.38. The van der Waals surface area contributed by atoms with Crippen molar-refractivity contribution in [1.82, 2.24) is 20.9 Å². The summed E-state index contributed by atoms with van der Waals surface area (Å²) in [6, 6.07) is 19.2. The van der Waals surface area contributed by atoms with Crippen LogP contribution in [0.5, 0.6) is 0 Å². The van der Waals surface area contributed by atoms with Crippen LogP contribution in [0.1, 0.15) is 36.8 Å². The van der Waals surface area contributed by atoms with E-state index in [1.807, 2.05) is 60.7 Å². The first-order valence-electron chi connectivity index (χ1n) is 11.4. The second-order valence-corrected chi connectivity index (χ2v) is 8.43. The number of carbonyl (C=O) groups is 2. The van der Waals surface area contributed by atoms with E-state index in [1.54, 1.807) is 0 Å². The van der Waals surface area contributed by atoms with Crippen LogP contribution in [0.15, 0.2) is 60.7 Å². The van der Waals surface area contributed by atoms with Gasteiger partial charge in [-0.2, -0.15) is 0 Å². The fourth-order valence-electron chi connectivity index (χ4n) is 4.59. The van der Waals surface area contributed by atoms with Gasteiger partial charge in [-0.15, -0.1) is 0 Å². The minimum atomic E-state index is -1.09. The molecule has 4 rings (SSSR count). The van der Waals surface area contributed by atoms with Gasteiger partial charge in [0.15, 0.2) is 11.5 Å². The third kappa shape index (κ3) is 4.39. The van der Waals surface area contributed by atoms with Gasteiger partial charge in [0, 0.05) is 19.0 Å². The van der Waals surface area contributed by atoms with Gasteiger partial charge in [-0.1, -0.05) is 60.7 Å². The van der Waals surface area contributed by atoms with Crippen molar-refractivity contribution in [1.29, 1.82) is 5.41 Å². The molecule has 0 saturated carbocycles. The average molecular weight is 434 g/mol. The van der Waals surface area contributed by atoms with Crippen LogP contribution in [0.3, 0.4) is 0 Å². The summed E-state index contributed by atoms with van der Waals surface area (Å²) >= 11 is 0. The van der Waals surface area contributed by atoms with Crippen LogP contribution in [-0.2, 0) is 15.1 Å². The third-order valence-corrected chi connectivity index (χ3v) is 6.37. The van der Waals surface area contributed by atoms with Crippen molar-refractivity contribution in [2.45, 2.75) is 31.2 Å². The number of benzene rings is 2. The van der Waals surface area contributed by atoms with Gasteiger partial charge in [-0.05, 0) is 49.9 Å². The van der Waals surface area contributed by atoms with E-state index in [2.05, 4.69) is 16.0 Å². The minimum absolute atomic E-state index is 0.103. The molecule has 2 aliphatic heterocycles. The Labute approximate surface area is 189 Å². The molecule has 0 unspecified atom stereocenters. The molecule has 0 radical (unpaired) electrons. The number of amides is 2. The van der Waals surface area contributed by atoms with Gasteiger partial charge in [0.1, 0.15) is 0 Å². The number of guanidine groups is 1. The standard InChI is InChI=1S/C25H31N5O2/c26-24-29-25(20-9-3-1-4-10-20,21-11-5-2-6-12-21)23(32)30(24)18-8-7-15-28-22(31)19-13-16-27-17-14-19/h1-6,9-12,19,27H,7-8,13-18H2,(H2,26,29)(H,28,31). The van der Waals surface area contributed by atoms with E-state index in [-0.39, 0.29) is 23.7 Å². The molecule has 2 heterocycles. The maximum absolute atomic E-state index is 13.7. The van der Waals surface area contributed by atoms with Gasteiger partial charge in [-0.3, -0.25) is 19.9 Å². The quantitative estimate of drug-likeness (QED) is 0.480. The summed E-state index contributed by atoms with van der Waals surface area (Å²) < 4.78 is 0. The highest BCUT2D eigenvalue weighted by Gasteiger charge is 2.51. The second kappa shape index (κ2) is 9.96. The summed E-state index contributed by atoms with van der Waals surface area (Å²) in [6.07, 6.45) is 3.25. The van der Waals surface area contributed by atoms with Crippen LogP contribution in [0.4, 0.5) is 0 Å². The van der Waals surface area contributed by atoms with Crippen LogP contribution in [-0.4, -0.2) is 48.9 Å². The molecule has 0 aromatic heterocycles. The molecular formula is C25H31N5O2. The molecule has 0 aliphatic carbocycles. The Morgan fingerprint density at radius 3 is 2.19 bits per heavy atom. The van der Waals surface area contributed by atoms with Crippen LogP contribution >= 0.6 is 0 Å². The summed E-state index contributed by atoms with van der Waals surface area (Å²) in [5.41, 5.74) is 0.540. The molecule has 7 heteroatoms. The molecule has 2 fully saturated rings. The van der Waals surface area contributed by atoms with Gasteiger partial charge in [0.25, 0.3) is 5.91 Å². The third-order valence-electron chi connectivity index (χ3n) is 6.37. The Bertz CT molecular complexity index is 902. The number of hydrogen-bond acceptors (Lipinski definition) is 4. The van der Waals surface area contributed by atoms with Gasteiger partial charge in [0.2, 0.25) is 5.91 Å². The normalized spacial score (nSPS) is 18.4. The van der Waals surface area contributed by atoms with Gasteiger partial charge in [-0.25, -0.2) is 0 Å². The average Bonchev–Trinajstić information content (AvgIpc) is 3.11. The van der Waals surface area contributed by atoms with Crippen molar-refractivity contribution < 1.29 is 9.59 Å². The maximum Gasteiger partial charge on any atom is 0.264 e. The molecule has 4 N–H and O–H groups in total. The van der Waals surface area contributed by atoms with Crippen molar-refractivity contribution in [3.63, 3.8) is 0 Å². The number of hydrogen-bond donors (Lipinski definition) is 4. The molecular weight excluding hydrogens is 402 g/mol. The van der Waals surface area contributed by atoms with Crippen molar-refractivity contribution in [2.24, 2.45) is 5.92 Å². The Morgan fingerprint density at radius 1 is 1.00 bits per heavy atom. The van der Waals surface area contributed by atoms with Gasteiger partial charge >= 0.3 is 0 Å². The number of nitrogens with one attached hydrogen (secondary N) is 4. The summed E-state index contributed by atoms with van der Waals surface area (Å²) in [5, 5.41) is 18.0. The highest BCUT2D eigenvalue weighted by Crippen LogP contribution is 2.35. The number of piperidine rings is 1. The number of rotatable bonds is 8. The Kier molecular flexibility index (Phi) is 6.85. The van der Waals surface area contributed by atoms with Crippen LogP contribution in [0.25, 0.3) is 0 Å². The van der Waals surface area contributed by atoms with E-state index >= 15 is 0 Å². The van der Waals surface area contributed by atoms with Gasteiger partial charge in [0.05, 0.1) is 0 Å². The summed E-state index contributed by atoms with van der Waals surface area (Å²) in [6.45, 7) is 2.83. The van der Waals surface area contributed by atoms with Crippen LogP contribution < -0.4 is 16.0 Å². The smallest absolute Gasteiger partial charge is 0.264 e. The molecule has 2 aromatic carbocycles. The largest absolute Gasteiger partial charge is 0.356 e. The highest BCUT2D eigenvalue weighted by atomic mass is 16.2. The molecule has 32 heavy (non-hydrogen) atoms. The predicted molar refractivity (Wildman–Crippen MR) is 124 cm³/mol. The number of nitrogens with zero attached hydrogens (tertiary/aromatic N) is 1. The molecule has 0 spiro atoms. The summed E-state index contributed by atoms with van der Waals surface area (Å²) in [5.74, 6) is 0.205. The lowest BCUT2D eigenvalue weighted by Gasteiger charge is -2.28. The summed E-state index contributed by atoms with van der Waals surface area (Å²) in [7, 11) is 0. The van der Waals surface area contributed by atoms with Crippen LogP contribution in [0.2, 0.25) is 0 Å². The van der Waals surface area contributed by atoms with E-state index in [0.717, 1.165) is 43.5 Å². The van der Waals surface area contributed by atoms with Crippen molar-refractivity contribution in [2.75, 3.05) is 26.2 Å². The van der Waals surface area contributed by atoms with E-state index in [4.69, 9.17) is 5.41 Å². The van der Waals surface area contributed by atoms with E-state index in [0.29, 0.717) is 19.5 Å². The Morgan fingerprint density at radius 2 is 1.59 bits per heavy atom. The Hall–Kier alpha value is -3.19. The highest BCUT2D eigenvalue weighted by molar-refractivity contribution is 6.10. The maximum atomic E-state index is 13.7. The molecule has 168 valence electrons. The fourth-order valence-corrected chi connectivity index (χ4v) is 4.59. The lowest BCUT2D eigenvalue weighted by Crippen LogP contribution is -2.45. The molecule has 7 nitrogen and oxygen atoms in total. The van der Waals surface area contributed by atoms with Crippen molar-refractivity contribution in [3.8, 4) is 0 Å². The number of unbranched alkanes of at least 4 members (excludes halogenated alkanes) is 1. The van der Waals surface area contributed by atoms with Crippen molar-refractivity contribution >= 4 is 17.8 Å². The fraction of sp³-hybridized carbons (Fsp3) is 0.400. The molecule has 0 bridgehead atoms. The van der Waals surface area contributed by atoms with E-state index in [1.165, 1.54) is 4.90 Å². The predicted octanol–water partition coefficient (Wildman–Crippen LogP) is 2.19. The summed E-state index contributed by atoms with van der Waals surface area (Å²) in [4.78, 5) is 27.5. The molecule has 2 aromatic rings.